The minimum atomic E-state index is -0.265. The van der Waals surface area contributed by atoms with Gasteiger partial charge in [-0.1, -0.05) is 25.0 Å². The monoisotopic (exact) mass is 365 g/mol. The number of nitrogens with one attached hydrogen (secondary N) is 1. The van der Waals surface area contributed by atoms with Gasteiger partial charge in [0, 0.05) is 50.3 Å². The molecule has 1 N–H and O–H groups in total. The summed E-state index contributed by atoms with van der Waals surface area (Å²) in [6.45, 7) is 3.38. The fourth-order valence-corrected chi connectivity index (χ4v) is 4.93. The second kappa shape index (κ2) is 8.41. The van der Waals surface area contributed by atoms with Gasteiger partial charge < -0.3 is 10.2 Å². The summed E-state index contributed by atoms with van der Waals surface area (Å²) in [6, 6.07) is 6.34. The summed E-state index contributed by atoms with van der Waals surface area (Å²) in [4.78, 5) is 16.7. The average molecular weight is 366 g/mol. The summed E-state index contributed by atoms with van der Waals surface area (Å²) in [7, 11) is 1.76. The molecule has 1 heterocycles. The molecule has 4 nitrogen and oxygen atoms in total. The van der Waals surface area contributed by atoms with Gasteiger partial charge in [0.25, 0.3) is 0 Å². The van der Waals surface area contributed by atoms with Gasteiger partial charge in [-0.15, -0.1) is 0 Å². The Morgan fingerprint density at radius 3 is 2.72 bits per heavy atom. The molecule has 0 spiro atoms. The smallest absolute Gasteiger partial charge is 0.317 e. The van der Waals surface area contributed by atoms with Gasteiger partial charge in [-0.3, -0.25) is 4.90 Å². The Labute approximate surface area is 154 Å². The molecule has 3 rings (SSSR count). The van der Waals surface area contributed by atoms with Crippen molar-refractivity contribution in [2.75, 3.05) is 38.2 Å². The van der Waals surface area contributed by atoms with E-state index in [9.17, 15) is 9.18 Å². The molecule has 25 heavy (non-hydrogen) atoms. The molecule has 1 aromatic carbocycles. The van der Waals surface area contributed by atoms with Gasteiger partial charge >= 0.3 is 6.03 Å². The highest BCUT2D eigenvalue weighted by molar-refractivity contribution is 7.99. The van der Waals surface area contributed by atoms with Crippen LogP contribution in [0.25, 0.3) is 0 Å². The van der Waals surface area contributed by atoms with Gasteiger partial charge in [0.15, 0.2) is 0 Å². The minimum Gasteiger partial charge on any atom is -0.336 e. The van der Waals surface area contributed by atoms with Gasteiger partial charge in [-0.2, -0.15) is 11.8 Å². The van der Waals surface area contributed by atoms with Crippen LogP contribution in [0.15, 0.2) is 24.3 Å². The number of amides is 2. The number of carbonyl (C=O) groups excluding carboxylic acids is 1. The predicted molar refractivity (Wildman–Crippen MR) is 101 cm³/mol. The zero-order valence-electron chi connectivity index (χ0n) is 15.0. The molecular weight excluding hydrogens is 337 g/mol. The zero-order chi connectivity index (χ0) is 17.7. The van der Waals surface area contributed by atoms with Crippen LogP contribution in [0.2, 0.25) is 0 Å². The van der Waals surface area contributed by atoms with Crippen LogP contribution >= 0.6 is 11.8 Å². The van der Waals surface area contributed by atoms with Crippen LogP contribution in [-0.2, 0) is 6.54 Å². The standard InChI is InChI=1S/C19H28FN3OS/c1-22(14-16-5-4-6-17(20)13-16)18(24)21-15-19(7-2-3-8-19)23-9-11-25-12-10-23/h4-6,13H,2-3,7-12,14-15H2,1H3,(H,21,24). The van der Waals surface area contributed by atoms with Crippen LogP contribution in [0.4, 0.5) is 9.18 Å². The van der Waals surface area contributed by atoms with Crippen molar-refractivity contribution in [1.29, 1.82) is 0 Å². The highest BCUT2D eigenvalue weighted by Crippen LogP contribution is 2.36. The first-order valence-corrected chi connectivity index (χ1v) is 10.3. The molecule has 1 saturated carbocycles. The van der Waals surface area contributed by atoms with Gasteiger partial charge in [-0.05, 0) is 30.5 Å². The van der Waals surface area contributed by atoms with Crippen molar-refractivity contribution in [3.05, 3.63) is 35.6 Å². The summed E-state index contributed by atoms with van der Waals surface area (Å²) in [5, 5.41) is 3.14. The van der Waals surface area contributed by atoms with E-state index in [-0.39, 0.29) is 17.4 Å². The lowest BCUT2D eigenvalue weighted by Gasteiger charge is -2.43. The number of nitrogens with zero attached hydrogens (tertiary/aromatic N) is 2. The average Bonchev–Trinajstić information content (AvgIpc) is 3.10. The molecule has 1 aliphatic carbocycles. The van der Waals surface area contributed by atoms with Crippen LogP contribution in [0.5, 0.6) is 0 Å². The molecule has 2 aliphatic rings. The highest BCUT2D eigenvalue weighted by atomic mass is 32.2. The van der Waals surface area contributed by atoms with E-state index in [0.717, 1.165) is 18.7 Å². The maximum Gasteiger partial charge on any atom is 0.317 e. The Morgan fingerprint density at radius 1 is 1.32 bits per heavy atom. The third-order valence-corrected chi connectivity index (χ3v) is 6.38. The Kier molecular flexibility index (Phi) is 6.23. The third kappa shape index (κ3) is 4.67. The van der Waals surface area contributed by atoms with E-state index in [1.54, 1.807) is 18.0 Å². The highest BCUT2D eigenvalue weighted by Gasteiger charge is 2.40. The van der Waals surface area contributed by atoms with E-state index in [4.69, 9.17) is 0 Å². The van der Waals surface area contributed by atoms with Gasteiger partial charge in [0.2, 0.25) is 0 Å². The number of urea groups is 1. The number of halogens is 1. The summed E-state index contributed by atoms with van der Waals surface area (Å²) < 4.78 is 13.3. The maximum absolute atomic E-state index is 13.3. The number of hydrogen-bond acceptors (Lipinski definition) is 3. The van der Waals surface area contributed by atoms with Crippen LogP contribution < -0.4 is 5.32 Å². The Hall–Kier alpha value is -1.27. The quantitative estimate of drug-likeness (QED) is 0.869. The zero-order valence-corrected chi connectivity index (χ0v) is 15.8. The molecule has 0 aromatic heterocycles. The number of hydrogen-bond donors (Lipinski definition) is 1. The molecule has 0 bridgehead atoms. The van der Waals surface area contributed by atoms with Crippen molar-refractivity contribution < 1.29 is 9.18 Å². The lowest BCUT2D eigenvalue weighted by atomic mass is 9.94. The molecule has 1 aliphatic heterocycles. The van der Waals surface area contributed by atoms with E-state index >= 15 is 0 Å². The van der Waals surface area contributed by atoms with Gasteiger partial charge in [0.05, 0.1) is 0 Å². The van der Waals surface area contributed by atoms with E-state index in [1.807, 2.05) is 17.8 Å². The first kappa shape index (κ1) is 18.5. The topological polar surface area (TPSA) is 35.6 Å². The summed E-state index contributed by atoms with van der Waals surface area (Å²) in [5.41, 5.74) is 0.942. The fourth-order valence-electron chi connectivity index (χ4n) is 4.03. The number of thioether (sulfide) groups is 1. The van der Waals surface area contributed by atoms with Crippen LogP contribution in [0.1, 0.15) is 31.2 Å². The Morgan fingerprint density at radius 2 is 2.04 bits per heavy atom. The van der Waals surface area contributed by atoms with Crippen molar-refractivity contribution in [3.8, 4) is 0 Å². The molecule has 0 radical (unpaired) electrons. The fraction of sp³-hybridized carbons (Fsp3) is 0.632. The Balaban J connectivity index is 1.56. The number of rotatable bonds is 5. The normalized spacial score (nSPS) is 20.4. The third-order valence-electron chi connectivity index (χ3n) is 5.44. The molecular formula is C19H28FN3OS. The van der Waals surface area contributed by atoms with Crippen LogP contribution in [-0.4, -0.2) is 59.6 Å². The van der Waals surface area contributed by atoms with Crippen molar-refractivity contribution in [2.24, 2.45) is 0 Å². The van der Waals surface area contributed by atoms with Crippen LogP contribution in [0.3, 0.4) is 0 Å². The van der Waals surface area contributed by atoms with Crippen molar-refractivity contribution in [2.45, 2.75) is 37.8 Å². The van der Waals surface area contributed by atoms with E-state index in [0.29, 0.717) is 13.1 Å². The largest absolute Gasteiger partial charge is 0.336 e. The summed E-state index contributed by atoms with van der Waals surface area (Å²) >= 11 is 2.02. The molecule has 1 saturated heterocycles. The maximum atomic E-state index is 13.3. The van der Waals surface area contributed by atoms with Crippen molar-refractivity contribution in [3.63, 3.8) is 0 Å². The van der Waals surface area contributed by atoms with Crippen LogP contribution in [0, 0.1) is 5.82 Å². The van der Waals surface area contributed by atoms with Gasteiger partial charge in [-0.25, -0.2) is 9.18 Å². The molecule has 138 valence electrons. The number of carbonyl (C=O) groups is 1. The molecule has 6 heteroatoms. The van der Waals surface area contributed by atoms with Crippen molar-refractivity contribution >= 4 is 17.8 Å². The molecule has 1 aromatic rings. The minimum absolute atomic E-state index is 0.0816. The molecule has 0 unspecified atom stereocenters. The summed E-state index contributed by atoms with van der Waals surface area (Å²) in [5.74, 6) is 2.11. The lowest BCUT2D eigenvalue weighted by molar-refractivity contribution is 0.102. The second-order valence-electron chi connectivity index (χ2n) is 7.18. The summed E-state index contributed by atoms with van der Waals surface area (Å²) in [6.07, 6.45) is 4.84. The Bertz CT molecular complexity index is 586. The molecule has 2 amide bonds. The second-order valence-corrected chi connectivity index (χ2v) is 8.40. The number of benzene rings is 1. The predicted octanol–water partition coefficient (Wildman–Crippen LogP) is 3.33. The lowest BCUT2D eigenvalue weighted by Crippen LogP contribution is -2.57. The molecule has 0 atom stereocenters. The first-order valence-electron chi connectivity index (χ1n) is 9.15. The van der Waals surface area contributed by atoms with E-state index < -0.39 is 0 Å². The van der Waals surface area contributed by atoms with E-state index in [2.05, 4.69) is 10.2 Å². The SMILES string of the molecule is CN(Cc1cccc(F)c1)C(=O)NCC1(N2CCSCC2)CCCC1. The molecule has 2 fully saturated rings. The van der Waals surface area contributed by atoms with Gasteiger partial charge in [0.1, 0.15) is 5.82 Å². The first-order chi connectivity index (χ1) is 12.1. The van der Waals surface area contributed by atoms with Crippen molar-refractivity contribution in [1.82, 2.24) is 15.1 Å². The van der Waals surface area contributed by atoms with E-state index in [1.165, 1.54) is 49.3 Å².